The molecule has 0 aliphatic rings. The molecule has 0 aliphatic heterocycles. The summed E-state index contributed by atoms with van der Waals surface area (Å²) in [4.78, 5) is 19.8. The van der Waals surface area contributed by atoms with E-state index < -0.39 is 0 Å². The minimum absolute atomic E-state index is 0.535. The molecular formula is C15H18N2O2. The summed E-state index contributed by atoms with van der Waals surface area (Å²) in [6, 6.07) is 5.35. The maximum absolute atomic E-state index is 10.8. The molecule has 2 rings (SSSR count). The third kappa shape index (κ3) is 3.08. The first-order chi connectivity index (χ1) is 9.13. The molecule has 0 saturated carbocycles. The molecule has 4 heteroatoms. The number of benzene rings is 1. The molecule has 0 bridgehead atoms. The molecule has 0 spiro atoms. The molecule has 19 heavy (non-hydrogen) atoms. The van der Waals surface area contributed by atoms with Crippen molar-refractivity contribution in [2.75, 3.05) is 7.11 Å². The third-order valence-corrected chi connectivity index (χ3v) is 3.01. The first kappa shape index (κ1) is 13.5. The Labute approximate surface area is 112 Å². The number of fused-ring (bicyclic) bond motifs is 1. The summed E-state index contributed by atoms with van der Waals surface area (Å²) < 4.78 is 5.31. The van der Waals surface area contributed by atoms with Gasteiger partial charge in [0.05, 0.1) is 18.0 Å². The number of aryl methyl sites for hydroxylation is 1. The van der Waals surface area contributed by atoms with Gasteiger partial charge in [0.25, 0.3) is 0 Å². The number of nitrogens with zero attached hydrogens (tertiary/aromatic N) is 2. The number of hydrogen-bond acceptors (Lipinski definition) is 4. The lowest BCUT2D eigenvalue weighted by atomic mass is 10.1. The van der Waals surface area contributed by atoms with Crippen LogP contribution >= 0.6 is 0 Å². The lowest BCUT2D eigenvalue weighted by molar-refractivity contribution is 0.112. The topological polar surface area (TPSA) is 52.1 Å². The minimum atomic E-state index is 0.535. The van der Waals surface area contributed by atoms with Crippen molar-refractivity contribution in [1.82, 2.24) is 9.97 Å². The Hall–Kier alpha value is -1.97. The van der Waals surface area contributed by atoms with E-state index in [1.165, 1.54) is 0 Å². The van der Waals surface area contributed by atoms with Crippen molar-refractivity contribution in [3.8, 4) is 5.88 Å². The molecule has 1 heterocycles. The van der Waals surface area contributed by atoms with Gasteiger partial charge >= 0.3 is 0 Å². The van der Waals surface area contributed by atoms with Crippen LogP contribution in [0.3, 0.4) is 0 Å². The van der Waals surface area contributed by atoms with Gasteiger partial charge in [-0.2, -0.15) is 4.98 Å². The molecule has 0 amide bonds. The van der Waals surface area contributed by atoms with Crippen LogP contribution in [0.4, 0.5) is 0 Å². The Kier molecular flexibility index (Phi) is 4.10. The van der Waals surface area contributed by atoms with Crippen LogP contribution < -0.4 is 4.74 Å². The van der Waals surface area contributed by atoms with Crippen LogP contribution in [0.5, 0.6) is 5.88 Å². The van der Waals surface area contributed by atoms with E-state index in [0.29, 0.717) is 17.4 Å². The summed E-state index contributed by atoms with van der Waals surface area (Å²) in [5.74, 6) is 1.94. The molecule has 0 atom stereocenters. The zero-order chi connectivity index (χ0) is 13.8. The predicted molar refractivity (Wildman–Crippen MR) is 74.6 cm³/mol. The molecule has 0 fully saturated rings. The second-order valence-electron chi connectivity index (χ2n) is 4.98. The Morgan fingerprint density at radius 3 is 2.74 bits per heavy atom. The van der Waals surface area contributed by atoms with Gasteiger partial charge in [0.2, 0.25) is 5.88 Å². The number of methoxy groups -OCH3 is 1. The minimum Gasteiger partial charge on any atom is -0.480 e. The fourth-order valence-corrected chi connectivity index (χ4v) is 1.92. The Bertz CT molecular complexity index is 594. The van der Waals surface area contributed by atoms with Gasteiger partial charge in [0.15, 0.2) is 0 Å². The Morgan fingerprint density at radius 2 is 2.11 bits per heavy atom. The van der Waals surface area contributed by atoms with Crippen molar-refractivity contribution >= 4 is 17.2 Å². The maximum Gasteiger partial charge on any atom is 0.224 e. The van der Waals surface area contributed by atoms with Crippen LogP contribution in [0.25, 0.3) is 10.9 Å². The van der Waals surface area contributed by atoms with Crippen LogP contribution in [0.2, 0.25) is 0 Å². The first-order valence-corrected chi connectivity index (χ1v) is 6.44. The Morgan fingerprint density at radius 1 is 1.32 bits per heavy atom. The molecular weight excluding hydrogens is 240 g/mol. The molecule has 0 unspecified atom stereocenters. The van der Waals surface area contributed by atoms with E-state index in [1.807, 2.05) is 6.07 Å². The van der Waals surface area contributed by atoms with Gasteiger partial charge < -0.3 is 4.74 Å². The highest BCUT2D eigenvalue weighted by Crippen LogP contribution is 2.23. The van der Waals surface area contributed by atoms with Crippen molar-refractivity contribution < 1.29 is 9.53 Å². The highest BCUT2D eigenvalue weighted by molar-refractivity contribution is 5.89. The number of aldehydes is 1. The van der Waals surface area contributed by atoms with Crippen LogP contribution in [-0.2, 0) is 6.42 Å². The summed E-state index contributed by atoms with van der Waals surface area (Å²) in [6.07, 6.45) is 2.69. The number of rotatable bonds is 5. The second-order valence-corrected chi connectivity index (χ2v) is 4.98. The summed E-state index contributed by atoms with van der Waals surface area (Å²) >= 11 is 0. The largest absolute Gasteiger partial charge is 0.480 e. The van der Waals surface area contributed by atoms with E-state index in [1.54, 1.807) is 19.2 Å². The lowest BCUT2D eigenvalue weighted by Gasteiger charge is -2.09. The van der Waals surface area contributed by atoms with Crippen molar-refractivity contribution in [3.05, 3.63) is 29.6 Å². The normalized spacial score (nSPS) is 10.9. The van der Waals surface area contributed by atoms with Crippen LogP contribution in [-0.4, -0.2) is 23.4 Å². The summed E-state index contributed by atoms with van der Waals surface area (Å²) in [7, 11) is 1.58. The average molecular weight is 258 g/mol. The van der Waals surface area contributed by atoms with Crippen molar-refractivity contribution in [1.29, 1.82) is 0 Å². The summed E-state index contributed by atoms with van der Waals surface area (Å²) in [5.41, 5.74) is 1.42. The molecule has 0 N–H and O–H groups in total. The van der Waals surface area contributed by atoms with Gasteiger partial charge in [0, 0.05) is 12.0 Å². The Balaban J connectivity index is 2.45. The molecule has 0 radical (unpaired) electrons. The van der Waals surface area contributed by atoms with Crippen LogP contribution in [0.1, 0.15) is 36.5 Å². The average Bonchev–Trinajstić information content (AvgIpc) is 2.43. The van der Waals surface area contributed by atoms with E-state index in [9.17, 15) is 4.79 Å². The lowest BCUT2D eigenvalue weighted by Crippen LogP contribution is -2.02. The summed E-state index contributed by atoms with van der Waals surface area (Å²) in [6.45, 7) is 4.35. The number of carbonyl (C=O) groups excluding carboxylic acids is 1. The molecule has 1 aromatic heterocycles. The molecule has 1 aromatic carbocycles. The zero-order valence-corrected chi connectivity index (χ0v) is 11.5. The van der Waals surface area contributed by atoms with Gasteiger partial charge in [0.1, 0.15) is 12.1 Å². The monoisotopic (exact) mass is 258 g/mol. The van der Waals surface area contributed by atoms with E-state index in [0.717, 1.165) is 35.9 Å². The van der Waals surface area contributed by atoms with Gasteiger partial charge in [-0.15, -0.1) is 0 Å². The number of carbonyl (C=O) groups is 1. The first-order valence-electron chi connectivity index (χ1n) is 6.44. The third-order valence-electron chi connectivity index (χ3n) is 3.01. The standard InChI is InChI=1S/C15H18N2O2/c1-10(2)4-7-14-16-13-6-5-11(9-18)8-12(13)15(17-14)19-3/h5-6,8-10H,4,7H2,1-3H3. The van der Waals surface area contributed by atoms with Gasteiger partial charge in [-0.3, -0.25) is 4.79 Å². The van der Waals surface area contributed by atoms with E-state index in [-0.39, 0.29) is 0 Å². The zero-order valence-electron chi connectivity index (χ0n) is 11.5. The highest BCUT2D eigenvalue weighted by Gasteiger charge is 2.09. The second kappa shape index (κ2) is 5.78. The van der Waals surface area contributed by atoms with Gasteiger partial charge in [-0.25, -0.2) is 4.98 Å². The number of aromatic nitrogens is 2. The molecule has 4 nitrogen and oxygen atoms in total. The maximum atomic E-state index is 10.8. The smallest absolute Gasteiger partial charge is 0.224 e. The number of hydrogen-bond donors (Lipinski definition) is 0. The molecule has 0 saturated heterocycles. The van der Waals surface area contributed by atoms with Crippen molar-refractivity contribution in [2.45, 2.75) is 26.7 Å². The van der Waals surface area contributed by atoms with Crippen LogP contribution in [0, 0.1) is 5.92 Å². The van der Waals surface area contributed by atoms with Crippen molar-refractivity contribution in [3.63, 3.8) is 0 Å². The van der Waals surface area contributed by atoms with E-state index in [2.05, 4.69) is 23.8 Å². The van der Waals surface area contributed by atoms with E-state index in [4.69, 9.17) is 4.74 Å². The van der Waals surface area contributed by atoms with Crippen molar-refractivity contribution in [2.24, 2.45) is 5.92 Å². The highest BCUT2D eigenvalue weighted by atomic mass is 16.5. The van der Waals surface area contributed by atoms with Gasteiger partial charge in [-0.05, 0) is 30.5 Å². The number of ether oxygens (including phenoxy) is 1. The van der Waals surface area contributed by atoms with Crippen LogP contribution in [0.15, 0.2) is 18.2 Å². The summed E-state index contributed by atoms with van der Waals surface area (Å²) in [5, 5.41) is 0.778. The molecule has 2 aromatic rings. The SMILES string of the molecule is COc1nc(CCC(C)C)nc2ccc(C=O)cc12. The fraction of sp³-hybridized carbons (Fsp3) is 0.400. The van der Waals surface area contributed by atoms with Gasteiger partial charge in [-0.1, -0.05) is 13.8 Å². The quantitative estimate of drug-likeness (QED) is 0.773. The fourth-order valence-electron chi connectivity index (χ4n) is 1.92. The van der Waals surface area contributed by atoms with E-state index >= 15 is 0 Å². The molecule has 0 aliphatic carbocycles. The predicted octanol–water partition coefficient (Wildman–Crippen LogP) is 3.04. The molecule has 100 valence electrons.